The van der Waals surface area contributed by atoms with Crippen LogP contribution in [0.5, 0.6) is 0 Å². The molecule has 0 bridgehead atoms. The quantitative estimate of drug-likeness (QED) is 0.335. The van der Waals surface area contributed by atoms with Gasteiger partial charge >= 0.3 is 11.9 Å². The van der Waals surface area contributed by atoms with E-state index in [1.165, 1.54) is 0 Å². The first-order valence-corrected chi connectivity index (χ1v) is 6.40. The maximum atomic E-state index is 11.3. The number of carbonyl (C=O) groups is 2. The van der Waals surface area contributed by atoms with Crippen LogP contribution in [0.25, 0.3) is 0 Å². The molecule has 0 saturated heterocycles. The van der Waals surface area contributed by atoms with Crippen molar-refractivity contribution in [3.05, 3.63) is 12.2 Å². The molecular weight excluding hydrogens is 264 g/mol. The highest BCUT2D eigenvalue weighted by atomic mass is 17.2. The molecule has 0 saturated carbocycles. The van der Waals surface area contributed by atoms with Crippen LogP contribution in [0.1, 0.15) is 48.0 Å². The zero-order valence-corrected chi connectivity index (χ0v) is 12.9. The first-order chi connectivity index (χ1) is 8.91. The molecule has 0 aliphatic rings. The van der Waals surface area contributed by atoms with Gasteiger partial charge in [-0.3, -0.25) is 0 Å². The van der Waals surface area contributed by atoms with E-state index < -0.39 is 29.2 Å². The molecule has 0 aromatic rings. The monoisotopic (exact) mass is 288 g/mol. The van der Waals surface area contributed by atoms with Crippen LogP contribution in [0.2, 0.25) is 0 Å². The van der Waals surface area contributed by atoms with E-state index >= 15 is 0 Å². The number of aliphatic carboxylic acids is 1. The number of carbonyl (C=O) groups excluding carboxylic acids is 1. The Kier molecular flexibility index (Phi) is 6.88. The second kappa shape index (κ2) is 7.40. The third kappa shape index (κ3) is 10.5. The van der Waals surface area contributed by atoms with Crippen LogP contribution in [0.4, 0.5) is 0 Å². The maximum absolute atomic E-state index is 11.3. The van der Waals surface area contributed by atoms with Gasteiger partial charge in [-0.15, -0.1) is 0 Å². The maximum Gasteiger partial charge on any atom is 0.331 e. The number of esters is 1. The largest absolute Gasteiger partial charge is 0.478 e. The summed E-state index contributed by atoms with van der Waals surface area (Å²) >= 11 is 0. The van der Waals surface area contributed by atoms with Gasteiger partial charge in [-0.1, -0.05) is 0 Å². The molecule has 1 atom stereocenters. The molecule has 0 rings (SSSR count). The van der Waals surface area contributed by atoms with Gasteiger partial charge in [-0.25, -0.2) is 19.4 Å². The Hall–Kier alpha value is -1.40. The predicted octanol–water partition coefficient (Wildman–Crippen LogP) is 2.47. The zero-order chi connectivity index (χ0) is 16.0. The Balaban J connectivity index is 4.27. The molecule has 6 heteroatoms. The first kappa shape index (κ1) is 18.6. The molecular formula is C14H24O6. The van der Waals surface area contributed by atoms with Crippen LogP contribution in [-0.4, -0.2) is 34.4 Å². The van der Waals surface area contributed by atoms with Crippen molar-refractivity contribution in [2.75, 3.05) is 0 Å². The fraction of sp³-hybridized carbons (Fsp3) is 0.714. The minimum absolute atomic E-state index is 0.412. The third-order valence-electron chi connectivity index (χ3n) is 1.98. The SMILES string of the molecule is CC(CC(C)(C)OOC(C)(C)C)OC(=O)/C=C\C(=O)O. The van der Waals surface area contributed by atoms with Crippen molar-refractivity contribution in [2.45, 2.75) is 65.3 Å². The summed E-state index contributed by atoms with van der Waals surface area (Å²) in [5.74, 6) is -1.90. The summed E-state index contributed by atoms with van der Waals surface area (Å²) in [7, 11) is 0. The lowest BCUT2D eigenvalue weighted by atomic mass is 10.0. The van der Waals surface area contributed by atoms with Gasteiger partial charge in [0.1, 0.15) is 11.7 Å². The topological polar surface area (TPSA) is 82.1 Å². The summed E-state index contributed by atoms with van der Waals surface area (Å²) in [5.41, 5.74) is -1.06. The van der Waals surface area contributed by atoms with Crippen LogP contribution in [0.15, 0.2) is 12.2 Å². The predicted molar refractivity (Wildman–Crippen MR) is 72.9 cm³/mol. The van der Waals surface area contributed by atoms with E-state index in [4.69, 9.17) is 19.6 Å². The molecule has 0 amide bonds. The summed E-state index contributed by atoms with van der Waals surface area (Å²) in [6, 6.07) is 0. The highest BCUT2D eigenvalue weighted by Gasteiger charge is 2.27. The second-order valence-electron chi connectivity index (χ2n) is 6.16. The number of rotatable bonds is 7. The average molecular weight is 288 g/mol. The van der Waals surface area contributed by atoms with Crippen molar-refractivity contribution in [1.29, 1.82) is 0 Å². The van der Waals surface area contributed by atoms with Crippen LogP contribution < -0.4 is 0 Å². The van der Waals surface area contributed by atoms with E-state index in [-0.39, 0.29) is 0 Å². The van der Waals surface area contributed by atoms with Crippen molar-refractivity contribution in [2.24, 2.45) is 0 Å². The van der Waals surface area contributed by atoms with Crippen molar-refractivity contribution >= 4 is 11.9 Å². The number of hydrogen-bond donors (Lipinski definition) is 1. The van der Waals surface area contributed by atoms with Gasteiger partial charge in [0.2, 0.25) is 0 Å². The highest BCUT2D eigenvalue weighted by Crippen LogP contribution is 2.22. The van der Waals surface area contributed by atoms with E-state index in [1.807, 2.05) is 34.6 Å². The van der Waals surface area contributed by atoms with Gasteiger partial charge in [0.15, 0.2) is 0 Å². The Morgan fingerprint density at radius 2 is 1.65 bits per heavy atom. The Morgan fingerprint density at radius 3 is 2.10 bits per heavy atom. The molecule has 0 spiro atoms. The summed E-state index contributed by atoms with van der Waals surface area (Å²) in [6.45, 7) is 10.9. The van der Waals surface area contributed by atoms with E-state index in [2.05, 4.69) is 0 Å². The van der Waals surface area contributed by atoms with Crippen LogP contribution in [-0.2, 0) is 24.1 Å². The molecule has 1 N–H and O–H groups in total. The molecule has 0 radical (unpaired) electrons. The molecule has 0 heterocycles. The van der Waals surface area contributed by atoms with Crippen molar-refractivity contribution in [3.63, 3.8) is 0 Å². The molecule has 0 aromatic carbocycles. The fourth-order valence-corrected chi connectivity index (χ4v) is 1.38. The van der Waals surface area contributed by atoms with Gasteiger partial charge in [-0.2, -0.15) is 0 Å². The molecule has 0 aromatic heterocycles. The standard InChI is InChI=1S/C14H24O6/c1-10(18-12(17)8-7-11(15)16)9-14(5,6)20-19-13(2,3)4/h7-8,10H,9H2,1-6H3,(H,15,16)/b8-7-. The van der Waals surface area contributed by atoms with E-state index in [1.54, 1.807) is 6.92 Å². The number of carboxylic acid groups (broad SMARTS) is 1. The molecule has 0 aliphatic carbocycles. The Labute approximate surface area is 119 Å². The summed E-state index contributed by atoms with van der Waals surface area (Å²) < 4.78 is 5.04. The number of carboxylic acids is 1. The van der Waals surface area contributed by atoms with Gasteiger partial charge < -0.3 is 9.84 Å². The lowest BCUT2D eigenvalue weighted by Crippen LogP contribution is -2.34. The number of ether oxygens (including phenoxy) is 1. The first-order valence-electron chi connectivity index (χ1n) is 6.40. The lowest BCUT2D eigenvalue weighted by Gasteiger charge is -2.30. The zero-order valence-electron chi connectivity index (χ0n) is 12.9. The summed E-state index contributed by atoms with van der Waals surface area (Å²) in [4.78, 5) is 32.2. The average Bonchev–Trinajstić information content (AvgIpc) is 2.22. The normalized spacial score (nSPS) is 14.3. The molecule has 0 fully saturated rings. The Morgan fingerprint density at radius 1 is 1.10 bits per heavy atom. The van der Waals surface area contributed by atoms with Crippen molar-refractivity contribution < 1.29 is 29.2 Å². The van der Waals surface area contributed by atoms with Crippen LogP contribution >= 0.6 is 0 Å². The van der Waals surface area contributed by atoms with Gasteiger partial charge in [-0.05, 0) is 41.5 Å². The summed E-state index contributed by atoms with van der Waals surface area (Å²) in [6.07, 6.45) is 1.59. The van der Waals surface area contributed by atoms with Gasteiger partial charge in [0.05, 0.1) is 5.60 Å². The van der Waals surface area contributed by atoms with Crippen molar-refractivity contribution in [1.82, 2.24) is 0 Å². The molecule has 0 aliphatic heterocycles. The molecule has 20 heavy (non-hydrogen) atoms. The van der Waals surface area contributed by atoms with E-state index in [0.29, 0.717) is 6.42 Å². The summed E-state index contributed by atoms with van der Waals surface area (Å²) in [5, 5.41) is 8.40. The molecule has 116 valence electrons. The smallest absolute Gasteiger partial charge is 0.331 e. The number of hydrogen-bond acceptors (Lipinski definition) is 5. The highest BCUT2D eigenvalue weighted by molar-refractivity contribution is 5.90. The van der Waals surface area contributed by atoms with Gasteiger partial charge in [0, 0.05) is 18.6 Å². The van der Waals surface area contributed by atoms with Crippen molar-refractivity contribution in [3.8, 4) is 0 Å². The molecule has 1 unspecified atom stereocenters. The Bertz CT molecular complexity index is 364. The van der Waals surface area contributed by atoms with Crippen LogP contribution in [0, 0.1) is 0 Å². The third-order valence-corrected chi connectivity index (χ3v) is 1.98. The molecule has 6 nitrogen and oxygen atoms in total. The minimum atomic E-state index is -1.20. The lowest BCUT2D eigenvalue weighted by molar-refractivity contribution is -0.399. The van der Waals surface area contributed by atoms with Gasteiger partial charge in [0.25, 0.3) is 0 Å². The second-order valence-corrected chi connectivity index (χ2v) is 6.16. The minimum Gasteiger partial charge on any atom is -0.478 e. The van der Waals surface area contributed by atoms with E-state index in [9.17, 15) is 9.59 Å². The van der Waals surface area contributed by atoms with Crippen LogP contribution in [0.3, 0.4) is 0 Å². The van der Waals surface area contributed by atoms with E-state index in [0.717, 1.165) is 12.2 Å². The fourth-order valence-electron chi connectivity index (χ4n) is 1.38.